The second kappa shape index (κ2) is 11.7. The first-order chi connectivity index (χ1) is 17.4. The lowest BCUT2D eigenvalue weighted by atomic mass is 10.1. The summed E-state index contributed by atoms with van der Waals surface area (Å²) in [5, 5.41) is 4.09. The van der Waals surface area contributed by atoms with E-state index in [0.717, 1.165) is 17.7 Å². The van der Waals surface area contributed by atoms with Crippen molar-refractivity contribution in [3.63, 3.8) is 0 Å². The van der Waals surface area contributed by atoms with E-state index in [1.807, 2.05) is 30.9 Å². The van der Waals surface area contributed by atoms with Gasteiger partial charge in [-0.1, -0.05) is 38.1 Å². The Bertz CT molecular complexity index is 1160. The monoisotopic (exact) mass is 519 g/mol. The number of alkyl halides is 3. The molecule has 0 saturated carbocycles. The van der Waals surface area contributed by atoms with Crippen LogP contribution in [0.2, 0.25) is 0 Å². The van der Waals surface area contributed by atoms with Crippen LogP contribution in [0.25, 0.3) is 0 Å². The van der Waals surface area contributed by atoms with Gasteiger partial charge >= 0.3 is 12.1 Å². The van der Waals surface area contributed by atoms with E-state index in [4.69, 9.17) is 14.0 Å². The highest BCUT2D eigenvalue weighted by molar-refractivity contribution is 5.79. The van der Waals surface area contributed by atoms with Gasteiger partial charge in [0, 0.05) is 19.0 Å². The number of ether oxygens (including phenoxy) is 2. The minimum atomic E-state index is -4.39. The van der Waals surface area contributed by atoms with E-state index in [1.54, 1.807) is 32.9 Å². The molecule has 0 atom stereocenters. The van der Waals surface area contributed by atoms with Crippen molar-refractivity contribution in [2.75, 3.05) is 18.1 Å². The van der Waals surface area contributed by atoms with E-state index in [2.05, 4.69) is 10.1 Å². The van der Waals surface area contributed by atoms with Gasteiger partial charge in [0.2, 0.25) is 5.89 Å². The van der Waals surface area contributed by atoms with Crippen LogP contribution in [-0.4, -0.2) is 34.9 Å². The molecule has 200 valence electrons. The van der Waals surface area contributed by atoms with Crippen molar-refractivity contribution in [1.29, 1.82) is 0 Å². The van der Waals surface area contributed by atoms with Gasteiger partial charge in [-0.3, -0.25) is 0 Å². The van der Waals surface area contributed by atoms with Crippen LogP contribution in [0.4, 0.5) is 19.1 Å². The summed E-state index contributed by atoms with van der Waals surface area (Å²) >= 11 is 0. The molecule has 0 unspecified atom stereocenters. The molecule has 0 N–H and O–H groups in total. The summed E-state index contributed by atoms with van der Waals surface area (Å²) in [5.41, 5.74) is -0.138. The first kappa shape index (κ1) is 28.0. The lowest BCUT2D eigenvalue weighted by molar-refractivity contribution is -0.158. The second-order valence-corrected chi connectivity index (χ2v) is 9.43. The molecule has 1 heterocycles. The second-order valence-electron chi connectivity index (χ2n) is 9.43. The Balaban J connectivity index is 1.72. The van der Waals surface area contributed by atoms with E-state index < -0.39 is 23.3 Å². The Morgan fingerprint density at radius 2 is 1.65 bits per heavy atom. The largest absolute Gasteiger partial charge is 0.476 e. The number of esters is 1. The molecule has 0 saturated heterocycles. The molecule has 2 aromatic carbocycles. The maximum atomic E-state index is 13.0. The molecule has 0 aliphatic heterocycles. The molecule has 7 nitrogen and oxygen atoms in total. The highest BCUT2D eigenvalue weighted by Crippen LogP contribution is 2.29. The van der Waals surface area contributed by atoms with Crippen LogP contribution < -0.4 is 9.64 Å². The molecule has 3 rings (SSSR count). The summed E-state index contributed by atoms with van der Waals surface area (Å²) < 4.78 is 55.1. The number of anilines is 1. The Hall–Kier alpha value is -3.56. The van der Waals surface area contributed by atoms with Crippen LogP contribution in [0.1, 0.15) is 63.1 Å². The van der Waals surface area contributed by atoms with Crippen molar-refractivity contribution >= 4 is 11.9 Å². The number of nitrogens with zero attached hydrogens (tertiary/aromatic N) is 3. The fourth-order valence-corrected chi connectivity index (χ4v) is 3.49. The molecule has 10 heteroatoms. The van der Waals surface area contributed by atoms with Gasteiger partial charge in [0.15, 0.2) is 5.60 Å². The molecular weight excluding hydrogens is 487 g/mol. The molecule has 3 aromatic rings. The summed E-state index contributed by atoms with van der Waals surface area (Å²) in [7, 11) is 0. The molecule has 0 spiro atoms. The average Bonchev–Trinajstić information content (AvgIpc) is 3.33. The van der Waals surface area contributed by atoms with Gasteiger partial charge in [-0.25, -0.2) is 4.79 Å². The van der Waals surface area contributed by atoms with E-state index in [9.17, 15) is 18.0 Å². The minimum Gasteiger partial charge on any atom is -0.476 e. The van der Waals surface area contributed by atoms with Crippen LogP contribution >= 0.6 is 0 Å². The number of halogens is 3. The van der Waals surface area contributed by atoms with Gasteiger partial charge in [-0.15, -0.1) is 0 Å². The van der Waals surface area contributed by atoms with Crippen molar-refractivity contribution in [2.45, 2.75) is 65.3 Å². The van der Waals surface area contributed by atoms with E-state index >= 15 is 0 Å². The first-order valence-corrected chi connectivity index (χ1v) is 12.1. The Morgan fingerprint density at radius 1 is 1.03 bits per heavy atom. The highest BCUT2D eigenvalue weighted by atomic mass is 19.4. The number of carbonyl (C=O) groups is 1. The van der Waals surface area contributed by atoms with Crippen LogP contribution in [0, 0.1) is 0 Å². The molecule has 0 aliphatic carbocycles. The standard InChI is InChI=1S/C27H32F3N3O4/c1-6-35-24(34)26(4,5)36-22-13-9-19(10-14-22)15-16-33(25-31-23(18(2)3)37-32-25)17-20-7-11-21(12-8-20)27(28,29)30/h7-14,18H,6,15-17H2,1-5H3. The molecule has 0 fully saturated rings. The fraction of sp³-hybridized carbons (Fsp3) is 0.444. The predicted octanol–water partition coefficient (Wildman–Crippen LogP) is 6.18. The molecular formula is C27H32F3N3O4. The summed E-state index contributed by atoms with van der Waals surface area (Å²) in [6.45, 7) is 9.97. The van der Waals surface area contributed by atoms with Crippen molar-refractivity contribution in [2.24, 2.45) is 0 Å². The Kier molecular flexibility index (Phi) is 8.83. The average molecular weight is 520 g/mol. The van der Waals surface area contributed by atoms with E-state index in [0.29, 0.717) is 42.7 Å². The third kappa shape index (κ3) is 7.71. The third-order valence-electron chi connectivity index (χ3n) is 5.60. The maximum absolute atomic E-state index is 13.0. The van der Waals surface area contributed by atoms with Crippen LogP contribution in [0.15, 0.2) is 53.1 Å². The van der Waals surface area contributed by atoms with E-state index in [-0.39, 0.29) is 12.5 Å². The summed E-state index contributed by atoms with van der Waals surface area (Å²) in [6, 6.07) is 12.4. The van der Waals surface area contributed by atoms with Gasteiger partial charge in [-0.05, 0) is 67.7 Å². The number of hydrogen-bond donors (Lipinski definition) is 0. The lowest BCUT2D eigenvalue weighted by Crippen LogP contribution is -2.39. The van der Waals surface area contributed by atoms with Crippen LogP contribution in [-0.2, 0) is 28.7 Å². The van der Waals surface area contributed by atoms with E-state index in [1.165, 1.54) is 12.1 Å². The number of aromatic nitrogens is 2. The first-order valence-electron chi connectivity index (χ1n) is 12.1. The summed E-state index contributed by atoms with van der Waals surface area (Å²) in [4.78, 5) is 18.4. The fourth-order valence-electron chi connectivity index (χ4n) is 3.49. The highest BCUT2D eigenvalue weighted by Gasteiger charge is 2.32. The number of rotatable bonds is 11. The number of benzene rings is 2. The topological polar surface area (TPSA) is 77.7 Å². The van der Waals surface area contributed by atoms with Crippen molar-refractivity contribution in [1.82, 2.24) is 10.1 Å². The minimum absolute atomic E-state index is 0.0422. The maximum Gasteiger partial charge on any atom is 0.416 e. The SMILES string of the molecule is CCOC(=O)C(C)(C)Oc1ccc(CCN(Cc2ccc(C(F)(F)F)cc2)c2noc(C(C)C)n2)cc1. The van der Waals surface area contributed by atoms with Crippen molar-refractivity contribution < 1.29 is 32.0 Å². The number of carbonyl (C=O) groups excluding carboxylic acids is 1. The molecule has 0 aliphatic rings. The normalized spacial score (nSPS) is 12.0. The molecule has 0 radical (unpaired) electrons. The van der Waals surface area contributed by atoms with Gasteiger partial charge in [0.1, 0.15) is 5.75 Å². The Labute approximate surface area is 214 Å². The molecule has 1 aromatic heterocycles. The predicted molar refractivity (Wildman–Crippen MR) is 132 cm³/mol. The molecule has 0 bridgehead atoms. The third-order valence-corrected chi connectivity index (χ3v) is 5.60. The Morgan fingerprint density at radius 3 is 2.19 bits per heavy atom. The molecule has 37 heavy (non-hydrogen) atoms. The van der Waals surface area contributed by atoms with Gasteiger partial charge in [-0.2, -0.15) is 18.2 Å². The molecule has 0 amide bonds. The summed E-state index contributed by atoms with van der Waals surface area (Å²) in [5.74, 6) is 0.987. The zero-order chi connectivity index (χ0) is 27.2. The van der Waals surface area contributed by atoms with Crippen molar-refractivity contribution in [3.8, 4) is 5.75 Å². The smallest absolute Gasteiger partial charge is 0.416 e. The van der Waals surface area contributed by atoms with Gasteiger partial charge < -0.3 is 18.9 Å². The lowest BCUT2D eigenvalue weighted by Gasteiger charge is -2.24. The van der Waals surface area contributed by atoms with Crippen LogP contribution in [0.3, 0.4) is 0 Å². The quantitative estimate of drug-likeness (QED) is 0.280. The number of hydrogen-bond acceptors (Lipinski definition) is 7. The zero-order valence-electron chi connectivity index (χ0n) is 21.6. The summed E-state index contributed by atoms with van der Waals surface area (Å²) in [6.07, 6.45) is -3.78. The zero-order valence-corrected chi connectivity index (χ0v) is 21.6. The van der Waals surface area contributed by atoms with Crippen molar-refractivity contribution in [3.05, 3.63) is 71.1 Å². The van der Waals surface area contributed by atoms with Gasteiger partial charge in [0.05, 0.1) is 12.2 Å². The van der Waals surface area contributed by atoms with Gasteiger partial charge in [0.25, 0.3) is 5.95 Å². The van der Waals surface area contributed by atoms with Crippen LogP contribution in [0.5, 0.6) is 5.75 Å².